The Hall–Kier alpha value is -2.51. The summed E-state index contributed by atoms with van der Waals surface area (Å²) >= 11 is 0. The molecule has 1 fully saturated rings. The van der Waals surface area contributed by atoms with Crippen LogP contribution in [0.4, 0.5) is 0 Å². The number of aliphatic hydroxyl groups is 1. The smallest absolute Gasteiger partial charge is 0.0932 e. The van der Waals surface area contributed by atoms with Gasteiger partial charge in [-0.3, -0.25) is 4.68 Å². The summed E-state index contributed by atoms with van der Waals surface area (Å²) < 4.78 is 3.62. The van der Waals surface area contributed by atoms with E-state index in [-0.39, 0.29) is 24.2 Å². The molecule has 0 bridgehead atoms. The minimum atomic E-state index is -0.356. The molecule has 1 unspecified atom stereocenters. The highest BCUT2D eigenvalue weighted by Crippen LogP contribution is 2.34. The van der Waals surface area contributed by atoms with Gasteiger partial charge < -0.3 is 10.4 Å². The third kappa shape index (κ3) is 3.08. The van der Waals surface area contributed by atoms with E-state index in [1.807, 2.05) is 42.3 Å². The Balaban J connectivity index is 1.49. The summed E-state index contributed by atoms with van der Waals surface area (Å²) in [5.74, 6) is 0. The predicted octanol–water partition coefficient (Wildman–Crippen LogP) is 1.80. The Morgan fingerprint density at radius 1 is 1.36 bits per heavy atom. The van der Waals surface area contributed by atoms with Crippen molar-refractivity contribution in [3.05, 3.63) is 60.2 Å². The van der Waals surface area contributed by atoms with E-state index in [1.54, 1.807) is 10.9 Å². The molecular formula is C18H22N6O. The fraction of sp³-hybridized carbons (Fsp3) is 0.389. The molecule has 0 aliphatic heterocycles. The van der Waals surface area contributed by atoms with E-state index in [9.17, 15) is 5.11 Å². The van der Waals surface area contributed by atoms with Gasteiger partial charge in [-0.05, 0) is 43.5 Å². The van der Waals surface area contributed by atoms with Gasteiger partial charge in [0.05, 0.1) is 36.4 Å². The van der Waals surface area contributed by atoms with Gasteiger partial charge in [-0.2, -0.15) is 5.10 Å². The van der Waals surface area contributed by atoms with Crippen molar-refractivity contribution < 1.29 is 5.11 Å². The van der Waals surface area contributed by atoms with Crippen LogP contribution in [0.3, 0.4) is 0 Å². The van der Waals surface area contributed by atoms with E-state index in [0.29, 0.717) is 0 Å². The van der Waals surface area contributed by atoms with Crippen molar-refractivity contribution >= 4 is 0 Å². The minimum absolute atomic E-state index is 0.0188. The van der Waals surface area contributed by atoms with Gasteiger partial charge in [0.1, 0.15) is 0 Å². The zero-order valence-corrected chi connectivity index (χ0v) is 14.3. The lowest BCUT2D eigenvalue weighted by atomic mass is 9.82. The Bertz CT molecular complexity index is 843. The highest BCUT2D eigenvalue weighted by Gasteiger charge is 2.42. The summed E-state index contributed by atoms with van der Waals surface area (Å²) in [5.41, 5.74) is 3.26. The van der Waals surface area contributed by atoms with E-state index in [2.05, 4.69) is 39.8 Å². The zero-order chi connectivity index (χ0) is 17.4. The normalized spacial score (nSPS) is 24.0. The molecule has 0 saturated heterocycles. The zero-order valence-electron chi connectivity index (χ0n) is 14.3. The number of nitrogens with one attached hydrogen (secondary N) is 1. The number of nitrogens with zero attached hydrogens (tertiary/aromatic N) is 5. The highest BCUT2D eigenvalue weighted by molar-refractivity contribution is 5.36. The second-order valence-corrected chi connectivity index (χ2v) is 6.73. The summed E-state index contributed by atoms with van der Waals surface area (Å²) in [6, 6.07) is 8.56. The van der Waals surface area contributed by atoms with Gasteiger partial charge >= 0.3 is 0 Å². The van der Waals surface area contributed by atoms with E-state index in [0.717, 1.165) is 17.7 Å². The molecule has 0 spiro atoms. The van der Waals surface area contributed by atoms with Crippen LogP contribution in [0.25, 0.3) is 5.69 Å². The third-order valence-corrected chi connectivity index (χ3v) is 4.86. The van der Waals surface area contributed by atoms with Gasteiger partial charge in [0.15, 0.2) is 0 Å². The fourth-order valence-electron chi connectivity index (χ4n) is 3.43. The van der Waals surface area contributed by atoms with Gasteiger partial charge in [-0.25, -0.2) is 4.68 Å². The largest absolute Gasteiger partial charge is 0.391 e. The summed E-state index contributed by atoms with van der Waals surface area (Å²) in [6.45, 7) is 4.14. The van der Waals surface area contributed by atoms with Crippen LogP contribution in [0.2, 0.25) is 0 Å². The van der Waals surface area contributed by atoms with Crippen molar-refractivity contribution in [1.82, 2.24) is 30.1 Å². The Morgan fingerprint density at radius 3 is 2.92 bits per heavy atom. The number of aromatic nitrogens is 5. The molecule has 1 aliphatic rings. The first-order valence-corrected chi connectivity index (χ1v) is 8.53. The van der Waals surface area contributed by atoms with E-state index in [1.165, 1.54) is 5.56 Å². The number of aryl methyl sites for hydroxylation is 1. The van der Waals surface area contributed by atoms with Crippen LogP contribution in [0.1, 0.15) is 36.6 Å². The van der Waals surface area contributed by atoms with Crippen LogP contribution >= 0.6 is 0 Å². The quantitative estimate of drug-likeness (QED) is 0.741. The average molecular weight is 338 g/mol. The number of rotatable bonds is 5. The number of benzene rings is 1. The Morgan fingerprint density at radius 2 is 2.24 bits per heavy atom. The van der Waals surface area contributed by atoms with Crippen LogP contribution in [-0.2, 0) is 0 Å². The minimum Gasteiger partial charge on any atom is -0.391 e. The molecule has 1 aromatic carbocycles. The van der Waals surface area contributed by atoms with Gasteiger partial charge in [-0.1, -0.05) is 17.3 Å². The molecule has 2 N–H and O–H groups in total. The van der Waals surface area contributed by atoms with Crippen LogP contribution < -0.4 is 5.32 Å². The van der Waals surface area contributed by atoms with Crippen molar-refractivity contribution in [2.45, 2.75) is 44.5 Å². The monoisotopic (exact) mass is 338 g/mol. The maximum atomic E-state index is 10.2. The van der Waals surface area contributed by atoms with Crippen LogP contribution in [0.15, 0.2) is 49.1 Å². The lowest BCUT2D eigenvalue weighted by molar-refractivity contribution is -0.0111. The van der Waals surface area contributed by atoms with Gasteiger partial charge in [-0.15, -0.1) is 5.10 Å². The van der Waals surface area contributed by atoms with Crippen LogP contribution in [0, 0.1) is 6.92 Å². The molecule has 0 radical (unpaired) electrons. The summed E-state index contributed by atoms with van der Waals surface area (Å²) in [4.78, 5) is 0. The van der Waals surface area contributed by atoms with Gasteiger partial charge in [0, 0.05) is 18.3 Å². The topological polar surface area (TPSA) is 80.8 Å². The van der Waals surface area contributed by atoms with Crippen molar-refractivity contribution in [1.29, 1.82) is 0 Å². The van der Waals surface area contributed by atoms with Gasteiger partial charge in [0.25, 0.3) is 0 Å². The molecular weight excluding hydrogens is 316 g/mol. The SMILES string of the molecule is Cc1cnn([C@H]2[C@H](O)C[C@@H]2NC(C)c2cccc(-n3ccnn3)c2)c1. The lowest BCUT2D eigenvalue weighted by Gasteiger charge is -2.43. The van der Waals surface area contributed by atoms with Crippen molar-refractivity contribution in [2.75, 3.05) is 0 Å². The molecule has 0 amide bonds. The third-order valence-electron chi connectivity index (χ3n) is 4.86. The maximum Gasteiger partial charge on any atom is 0.0932 e. The summed E-state index contributed by atoms with van der Waals surface area (Å²) in [6.07, 6.45) is 7.68. The molecule has 3 aromatic rings. The number of hydrogen-bond acceptors (Lipinski definition) is 5. The van der Waals surface area contributed by atoms with E-state index >= 15 is 0 Å². The molecule has 130 valence electrons. The van der Waals surface area contributed by atoms with E-state index < -0.39 is 0 Å². The summed E-state index contributed by atoms with van der Waals surface area (Å²) in [5, 5.41) is 26.1. The molecule has 4 rings (SSSR count). The average Bonchev–Trinajstić information content (AvgIpc) is 3.26. The second kappa shape index (κ2) is 6.42. The molecule has 4 atom stereocenters. The molecule has 7 nitrogen and oxygen atoms in total. The molecule has 2 aromatic heterocycles. The van der Waals surface area contributed by atoms with Crippen LogP contribution in [-0.4, -0.2) is 42.0 Å². The number of aliphatic hydroxyl groups excluding tert-OH is 1. The second-order valence-electron chi connectivity index (χ2n) is 6.73. The Labute approximate surface area is 146 Å². The number of hydrogen-bond donors (Lipinski definition) is 2. The summed E-state index contributed by atoms with van der Waals surface area (Å²) in [7, 11) is 0. The Kier molecular flexibility index (Phi) is 4.10. The fourth-order valence-corrected chi connectivity index (χ4v) is 3.43. The van der Waals surface area contributed by atoms with Crippen molar-refractivity contribution in [3.8, 4) is 5.69 Å². The van der Waals surface area contributed by atoms with Crippen molar-refractivity contribution in [3.63, 3.8) is 0 Å². The molecule has 7 heteroatoms. The first-order chi connectivity index (χ1) is 12.1. The lowest BCUT2D eigenvalue weighted by Crippen LogP contribution is -2.55. The molecule has 25 heavy (non-hydrogen) atoms. The molecule has 2 heterocycles. The predicted molar refractivity (Wildman–Crippen MR) is 93.3 cm³/mol. The first kappa shape index (κ1) is 16.0. The van der Waals surface area contributed by atoms with E-state index in [4.69, 9.17) is 0 Å². The highest BCUT2D eigenvalue weighted by atomic mass is 16.3. The standard InChI is InChI=1S/C18H22N6O/c1-12-10-20-24(11-12)18-16(9-17(18)25)21-13(2)14-4-3-5-15(8-14)23-7-6-19-22-23/h3-8,10-11,13,16-18,21,25H,9H2,1-2H3/t13?,16-,17+,18+/m0/s1. The maximum absolute atomic E-state index is 10.2. The first-order valence-electron chi connectivity index (χ1n) is 8.53. The van der Waals surface area contributed by atoms with Gasteiger partial charge in [0.2, 0.25) is 0 Å². The van der Waals surface area contributed by atoms with Crippen LogP contribution in [0.5, 0.6) is 0 Å². The van der Waals surface area contributed by atoms with Crippen molar-refractivity contribution in [2.24, 2.45) is 0 Å². The molecule has 1 saturated carbocycles. The molecule has 1 aliphatic carbocycles.